The number of hydrogen-bond donors (Lipinski definition) is 13. The predicted octanol–water partition coefficient (Wildman–Crippen LogP) is -2.57. The average Bonchev–Trinajstić information content (AvgIpc) is 3.78. The van der Waals surface area contributed by atoms with Gasteiger partial charge in [-0.3, -0.25) is 48.3 Å². The van der Waals surface area contributed by atoms with Gasteiger partial charge in [0.2, 0.25) is 47.3 Å². The molecule has 26 heteroatoms. The first kappa shape index (κ1) is 63.1. The first-order chi connectivity index (χ1) is 33.2. The fourth-order valence-corrected chi connectivity index (χ4v) is 8.00. The van der Waals surface area contributed by atoms with Crippen LogP contribution >= 0.6 is 11.8 Å². The molecule has 1 heterocycles. The zero-order chi connectivity index (χ0) is 54.1. The number of hydrogen-bond acceptors (Lipinski definition) is 13. The van der Waals surface area contributed by atoms with Gasteiger partial charge in [-0.25, -0.2) is 4.79 Å². The molecule has 1 fully saturated rings. The number of carboxylic acids is 1. The van der Waals surface area contributed by atoms with Gasteiger partial charge < -0.3 is 75.9 Å². The number of nitrogens with two attached hydrogens (primary N) is 5. The summed E-state index contributed by atoms with van der Waals surface area (Å²) in [4.78, 5) is 130. The minimum atomic E-state index is -1.24. The van der Waals surface area contributed by atoms with E-state index < -0.39 is 114 Å². The molecule has 71 heavy (non-hydrogen) atoms. The third-order valence-electron chi connectivity index (χ3n) is 11.4. The van der Waals surface area contributed by atoms with E-state index in [0.29, 0.717) is 18.6 Å². The molecule has 0 bridgehead atoms. The summed E-state index contributed by atoms with van der Waals surface area (Å²) in [5.74, 6) is -6.86. The number of aliphatic imine (C=N–C) groups is 2. The molecular weight excluding hydrogens is 943 g/mol. The van der Waals surface area contributed by atoms with E-state index in [9.17, 15) is 48.3 Å². The van der Waals surface area contributed by atoms with Gasteiger partial charge in [0.05, 0.1) is 6.04 Å². The Balaban J connectivity index is 3.18. The maximum absolute atomic E-state index is 14.0. The van der Waals surface area contributed by atoms with Crippen LogP contribution in [0.25, 0.3) is 0 Å². The van der Waals surface area contributed by atoms with Gasteiger partial charge in [-0.05, 0) is 101 Å². The number of carboxylic acid groups (broad SMARTS) is 1. The number of carbonyl (C=O) groups excluding carboxylic acids is 8. The van der Waals surface area contributed by atoms with Gasteiger partial charge in [0.25, 0.3) is 0 Å². The standard InChI is InChI=1S/C45H83N15O10S/c1-23(2)21-31(39(65)58-32(43(69)70)22-24(3)4)57-35(61)26(7)53-37(63)29(14-11-18-52-45(49)50)55-40(66)33-15-12-19-60(33)42(68)27(8)54-38(64)30(16-20-71-9)56-41(67)34(25(5)6)59-36(62)28(46)13-10-17-51-44(47)48/h23-34H,10-22,46H2,1-9H3,(H,53,63)(H,54,64)(H,55,66)(H,56,67)(H,57,61)(H,58,65)(H,59,62)(H,69,70)(H4,47,48,51)(H4,49,50,52)/t26-,27-,28-,29-,30-,31-,32-,33-,34-/m0/s1. The van der Waals surface area contributed by atoms with Crippen LogP contribution in [0.4, 0.5) is 0 Å². The highest BCUT2D eigenvalue weighted by Crippen LogP contribution is 2.20. The highest BCUT2D eigenvalue weighted by Gasteiger charge is 2.39. The number of amides is 8. The van der Waals surface area contributed by atoms with Crippen LogP contribution in [0, 0.1) is 17.8 Å². The molecule has 1 aliphatic rings. The second kappa shape index (κ2) is 32.1. The van der Waals surface area contributed by atoms with Crippen LogP contribution in [-0.2, 0) is 43.2 Å². The quantitative estimate of drug-likeness (QED) is 0.0187. The maximum Gasteiger partial charge on any atom is 0.326 e. The smallest absolute Gasteiger partial charge is 0.326 e. The topological polar surface area (TPSA) is 416 Å². The number of rotatable bonds is 32. The van der Waals surface area contributed by atoms with Crippen LogP contribution in [-0.4, -0.2) is 161 Å². The van der Waals surface area contributed by atoms with Crippen LogP contribution in [0.3, 0.4) is 0 Å². The third-order valence-corrected chi connectivity index (χ3v) is 12.0. The van der Waals surface area contributed by atoms with E-state index in [2.05, 4.69) is 47.2 Å². The van der Waals surface area contributed by atoms with Gasteiger partial charge >= 0.3 is 5.97 Å². The Kier molecular flexibility index (Phi) is 28.6. The van der Waals surface area contributed by atoms with E-state index in [1.54, 1.807) is 13.8 Å². The van der Waals surface area contributed by atoms with Crippen molar-refractivity contribution in [3.05, 3.63) is 0 Å². The molecule has 0 spiro atoms. The highest BCUT2D eigenvalue weighted by atomic mass is 32.2. The van der Waals surface area contributed by atoms with Gasteiger partial charge in [-0.1, -0.05) is 41.5 Å². The molecule has 0 aromatic carbocycles. The van der Waals surface area contributed by atoms with Gasteiger partial charge in [0.1, 0.15) is 48.3 Å². The zero-order valence-corrected chi connectivity index (χ0v) is 43.7. The third kappa shape index (κ3) is 23.7. The molecule has 404 valence electrons. The first-order valence-corrected chi connectivity index (χ1v) is 25.6. The number of likely N-dealkylation sites (tertiary alicyclic amines) is 1. The average molecular weight is 1030 g/mol. The van der Waals surface area contributed by atoms with Crippen molar-refractivity contribution >= 4 is 76.9 Å². The normalized spacial score (nSPS) is 16.7. The summed E-state index contributed by atoms with van der Waals surface area (Å²) in [6.07, 6.45) is 3.91. The van der Waals surface area contributed by atoms with Crippen LogP contribution in [0.2, 0.25) is 0 Å². The van der Waals surface area contributed by atoms with Crippen LogP contribution in [0.5, 0.6) is 0 Å². The van der Waals surface area contributed by atoms with Crippen LogP contribution < -0.4 is 65.9 Å². The largest absolute Gasteiger partial charge is 0.480 e. The van der Waals surface area contributed by atoms with Crippen molar-refractivity contribution < 1.29 is 48.3 Å². The second-order valence-corrected chi connectivity index (χ2v) is 20.0. The number of thioether (sulfide) groups is 1. The molecule has 0 aromatic heterocycles. The van der Waals surface area contributed by atoms with E-state index in [1.165, 1.54) is 30.5 Å². The molecule has 0 radical (unpaired) electrons. The predicted molar refractivity (Wildman–Crippen MR) is 272 cm³/mol. The summed E-state index contributed by atoms with van der Waals surface area (Å²) in [6, 6.07) is -10.1. The monoisotopic (exact) mass is 1030 g/mol. The summed E-state index contributed by atoms with van der Waals surface area (Å²) in [5, 5.41) is 28.2. The van der Waals surface area contributed by atoms with Crippen molar-refractivity contribution in [2.75, 3.05) is 31.6 Å². The van der Waals surface area contributed by atoms with E-state index in [1.807, 2.05) is 34.0 Å². The Morgan fingerprint density at radius 3 is 1.62 bits per heavy atom. The van der Waals surface area contributed by atoms with E-state index in [0.717, 1.165) is 0 Å². The number of nitrogens with zero attached hydrogens (tertiary/aromatic N) is 3. The Labute approximate surface area is 421 Å². The van der Waals surface area contributed by atoms with E-state index in [4.69, 9.17) is 28.7 Å². The number of nitrogens with one attached hydrogen (secondary N) is 7. The molecule has 0 unspecified atom stereocenters. The fourth-order valence-electron chi connectivity index (χ4n) is 7.52. The van der Waals surface area contributed by atoms with Gasteiger partial charge in [-0.2, -0.15) is 11.8 Å². The molecule has 1 saturated heterocycles. The SMILES string of the molecule is CSCC[C@H](NC(=O)[C@@H](NC(=O)[C@@H](N)CCCN=C(N)N)C(C)C)C(=O)N[C@@H](C)C(=O)N1CCC[C@H]1C(=O)N[C@@H](CCCN=C(N)N)C(=O)N[C@@H](C)C(=O)N[C@@H](CC(C)C)C(=O)N[C@@H](CC(C)C)C(=O)O. The van der Waals surface area contributed by atoms with Crippen molar-refractivity contribution in [2.24, 2.45) is 56.4 Å². The molecule has 18 N–H and O–H groups in total. The molecule has 25 nitrogen and oxygen atoms in total. The van der Waals surface area contributed by atoms with Crippen molar-refractivity contribution in [1.82, 2.24) is 42.1 Å². The molecule has 8 amide bonds. The summed E-state index contributed by atoms with van der Waals surface area (Å²) in [7, 11) is 0. The Bertz CT molecular complexity index is 1860. The van der Waals surface area contributed by atoms with Gasteiger partial charge in [0.15, 0.2) is 11.9 Å². The molecular formula is C45H83N15O10S. The van der Waals surface area contributed by atoms with Crippen LogP contribution in [0.15, 0.2) is 9.98 Å². The summed E-state index contributed by atoms with van der Waals surface area (Å²) >= 11 is 1.43. The fraction of sp³-hybridized carbons (Fsp3) is 0.756. The first-order valence-electron chi connectivity index (χ1n) is 24.2. The molecule has 9 atom stereocenters. The molecule has 1 aliphatic heterocycles. The Morgan fingerprint density at radius 2 is 1.10 bits per heavy atom. The Morgan fingerprint density at radius 1 is 0.606 bits per heavy atom. The molecule has 0 aromatic rings. The number of aliphatic carboxylic acids is 1. The van der Waals surface area contributed by atoms with E-state index in [-0.39, 0.29) is 88.3 Å². The van der Waals surface area contributed by atoms with Crippen molar-refractivity contribution in [3.63, 3.8) is 0 Å². The van der Waals surface area contributed by atoms with Gasteiger partial charge in [0, 0.05) is 19.6 Å². The minimum Gasteiger partial charge on any atom is -0.480 e. The Hall–Kier alpha value is -5.92. The number of guanidine groups is 2. The maximum atomic E-state index is 14.0. The molecule has 0 aliphatic carbocycles. The lowest BCUT2D eigenvalue weighted by molar-refractivity contribution is -0.143. The summed E-state index contributed by atoms with van der Waals surface area (Å²) in [6.45, 7) is 14.1. The molecule has 1 rings (SSSR count). The minimum absolute atomic E-state index is 0.0125. The summed E-state index contributed by atoms with van der Waals surface area (Å²) < 4.78 is 0. The summed E-state index contributed by atoms with van der Waals surface area (Å²) in [5.41, 5.74) is 27.7. The lowest BCUT2D eigenvalue weighted by Crippen LogP contribution is -2.60. The van der Waals surface area contributed by atoms with E-state index >= 15 is 0 Å². The number of carbonyl (C=O) groups is 9. The van der Waals surface area contributed by atoms with Crippen molar-refractivity contribution in [1.29, 1.82) is 0 Å². The van der Waals surface area contributed by atoms with Crippen LogP contribution in [0.1, 0.15) is 113 Å². The second-order valence-electron chi connectivity index (χ2n) is 19.0. The lowest BCUT2D eigenvalue weighted by Gasteiger charge is -2.30. The lowest BCUT2D eigenvalue weighted by atomic mass is 10.0. The molecule has 0 saturated carbocycles. The van der Waals surface area contributed by atoms with Crippen molar-refractivity contribution in [3.8, 4) is 0 Å². The zero-order valence-electron chi connectivity index (χ0n) is 42.9. The van der Waals surface area contributed by atoms with Gasteiger partial charge in [-0.15, -0.1) is 0 Å². The van der Waals surface area contributed by atoms with Crippen molar-refractivity contribution in [2.45, 2.75) is 168 Å². The highest BCUT2D eigenvalue weighted by molar-refractivity contribution is 7.98.